The molecule has 0 spiro atoms. The summed E-state index contributed by atoms with van der Waals surface area (Å²) >= 11 is 2.76. The van der Waals surface area contributed by atoms with Crippen molar-refractivity contribution in [2.24, 2.45) is 0 Å². The number of hydrogen-bond donors (Lipinski definition) is 1. The van der Waals surface area contributed by atoms with Crippen molar-refractivity contribution in [2.45, 2.75) is 25.3 Å². The molecule has 0 bridgehead atoms. The maximum absolute atomic E-state index is 13.2. The number of halogens is 3. The Kier molecular flexibility index (Phi) is 3.23. The highest BCUT2D eigenvalue weighted by Crippen LogP contribution is 2.22. The van der Waals surface area contributed by atoms with Crippen LogP contribution in [0.15, 0.2) is 16.6 Å². The third kappa shape index (κ3) is 2.24. The van der Waals surface area contributed by atoms with Crippen LogP contribution in [0.4, 0.5) is 8.78 Å². The zero-order valence-electron chi connectivity index (χ0n) is 8.40. The fraction of sp³-hybridized carbons (Fsp3) is 0.364. The van der Waals surface area contributed by atoms with Gasteiger partial charge in [-0.15, -0.1) is 0 Å². The molecular formula is C11H10BrF2NO. The Bertz CT molecular complexity index is 409. The van der Waals surface area contributed by atoms with Gasteiger partial charge in [0.15, 0.2) is 0 Å². The Labute approximate surface area is 100 Å². The third-order valence-electron chi connectivity index (χ3n) is 2.69. The molecule has 0 atom stereocenters. The minimum Gasteiger partial charge on any atom is -0.349 e. The highest BCUT2D eigenvalue weighted by atomic mass is 79.9. The Hall–Kier alpha value is -0.970. The van der Waals surface area contributed by atoms with Gasteiger partial charge in [-0.05, 0) is 47.3 Å². The molecule has 1 aliphatic rings. The highest BCUT2D eigenvalue weighted by Gasteiger charge is 2.21. The Morgan fingerprint density at radius 3 is 2.31 bits per heavy atom. The molecular weight excluding hydrogens is 280 g/mol. The van der Waals surface area contributed by atoms with E-state index in [-0.39, 0.29) is 16.1 Å². The SMILES string of the molecule is O=C(NC1CCC1)c1cc(F)c(Br)c(F)c1. The molecule has 0 heterocycles. The molecule has 0 saturated heterocycles. The predicted molar refractivity (Wildman–Crippen MR) is 59.2 cm³/mol. The second kappa shape index (κ2) is 4.49. The molecule has 1 amide bonds. The zero-order chi connectivity index (χ0) is 11.7. The lowest BCUT2D eigenvalue weighted by molar-refractivity contribution is 0.0916. The van der Waals surface area contributed by atoms with Gasteiger partial charge in [0.25, 0.3) is 5.91 Å². The van der Waals surface area contributed by atoms with Gasteiger partial charge >= 0.3 is 0 Å². The molecule has 2 rings (SSSR count). The van der Waals surface area contributed by atoms with Gasteiger partial charge in [-0.2, -0.15) is 0 Å². The lowest BCUT2D eigenvalue weighted by Gasteiger charge is -2.26. The Morgan fingerprint density at radius 1 is 1.31 bits per heavy atom. The maximum atomic E-state index is 13.2. The van der Waals surface area contributed by atoms with E-state index in [2.05, 4.69) is 21.2 Å². The third-order valence-corrected chi connectivity index (χ3v) is 3.44. The molecule has 1 N–H and O–H groups in total. The molecule has 0 aromatic heterocycles. The van der Waals surface area contributed by atoms with Crippen LogP contribution in [0, 0.1) is 11.6 Å². The lowest BCUT2D eigenvalue weighted by atomic mass is 9.93. The molecule has 1 aromatic rings. The molecule has 1 saturated carbocycles. The van der Waals surface area contributed by atoms with Crippen molar-refractivity contribution in [3.8, 4) is 0 Å². The number of nitrogens with one attached hydrogen (secondary N) is 1. The van der Waals surface area contributed by atoms with Crippen LogP contribution in [-0.4, -0.2) is 11.9 Å². The molecule has 0 unspecified atom stereocenters. The lowest BCUT2D eigenvalue weighted by Crippen LogP contribution is -2.39. The van der Waals surface area contributed by atoms with Crippen molar-refractivity contribution < 1.29 is 13.6 Å². The summed E-state index contributed by atoms with van der Waals surface area (Å²) in [5.41, 5.74) is 0.0186. The number of rotatable bonds is 2. The molecule has 86 valence electrons. The second-order valence-corrected chi connectivity index (χ2v) is 4.65. The van der Waals surface area contributed by atoms with Crippen LogP contribution in [0.25, 0.3) is 0 Å². The van der Waals surface area contributed by atoms with Crippen LogP contribution in [0.5, 0.6) is 0 Å². The van der Waals surface area contributed by atoms with Crippen molar-refractivity contribution in [1.29, 1.82) is 0 Å². The monoisotopic (exact) mass is 289 g/mol. The van der Waals surface area contributed by atoms with E-state index < -0.39 is 17.5 Å². The molecule has 0 radical (unpaired) electrons. The van der Waals surface area contributed by atoms with E-state index in [1.807, 2.05) is 0 Å². The largest absolute Gasteiger partial charge is 0.349 e. The summed E-state index contributed by atoms with van der Waals surface area (Å²) in [7, 11) is 0. The van der Waals surface area contributed by atoms with Gasteiger partial charge in [-0.25, -0.2) is 8.78 Å². The first kappa shape index (κ1) is 11.5. The molecule has 0 aliphatic heterocycles. The van der Waals surface area contributed by atoms with E-state index >= 15 is 0 Å². The summed E-state index contributed by atoms with van der Waals surface area (Å²) < 4.78 is 26.1. The van der Waals surface area contributed by atoms with Gasteiger partial charge in [-0.1, -0.05) is 0 Å². The number of hydrogen-bond acceptors (Lipinski definition) is 1. The van der Waals surface area contributed by atoms with Crippen molar-refractivity contribution in [1.82, 2.24) is 5.32 Å². The van der Waals surface area contributed by atoms with Gasteiger partial charge in [-0.3, -0.25) is 4.79 Å². The number of amides is 1. The standard InChI is InChI=1S/C11H10BrF2NO/c12-10-8(13)4-6(5-9(10)14)11(16)15-7-2-1-3-7/h4-5,7H,1-3H2,(H,15,16). The molecule has 16 heavy (non-hydrogen) atoms. The minimum atomic E-state index is -0.765. The Morgan fingerprint density at radius 2 is 1.88 bits per heavy atom. The second-order valence-electron chi connectivity index (χ2n) is 3.86. The first-order chi connectivity index (χ1) is 7.58. The average Bonchev–Trinajstić information content (AvgIpc) is 2.19. The van der Waals surface area contributed by atoms with Crippen LogP contribution in [0.2, 0.25) is 0 Å². The zero-order valence-corrected chi connectivity index (χ0v) is 9.98. The summed E-state index contributed by atoms with van der Waals surface area (Å²) in [6, 6.07) is 2.21. The van der Waals surface area contributed by atoms with Crippen molar-refractivity contribution >= 4 is 21.8 Å². The van der Waals surface area contributed by atoms with Crippen molar-refractivity contribution in [3.05, 3.63) is 33.8 Å². The molecule has 2 nitrogen and oxygen atoms in total. The first-order valence-corrected chi connectivity index (χ1v) is 5.82. The maximum Gasteiger partial charge on any atom is 0.251 e. The van der Waals surface area contributed by atoms with Gasteiger partial charge in [0.05, 0.1) is 4.47 Å². The van der Waals surface area contributed by atoms with Gasteiger partial charge in [0, 0.05) is 11.6 Å². The molecule has 1 fully saturated rings. The van der Waals surface area contributed by atoms with E-state index in [0.717, 1.165) is 31.4 Å². The van der Waals surface area contributed by atoms with Crippen LogP contribution < -0.4 is 5.32 Å². The summed E-state index contributed by atoms with van der Waals surface area (Å²) in [6.45, 7) is 0. The van der Waals surface area contributed by atoms with E-state index in [1.54, 1.807) is 0 Å². The number of benzene rings is 1. The first-order valence-electron chi connectivity index (χ1n) is 5.03. The fourth-order valence-corrected chi connectivity index (χ4v) is 1.74. The molecule has 5 heteroatoms. The fourth-order valence-electron chi connectivity index (χ4n) is 1.51. The number of carbonyl (C=O) groups excluding carboxylic acids is 1. The van der Waals surface area contributed by atoms with E-state index in [4.69, 9.17) is 0 Å². The summed E-state index contributed by atoms with van der Waals surface area (Å²) in [6.07, 6.45) is 2.97. The highest BCUT2D eigenvalue weighted by molar-refractivity contribution is 9.10. The van der Waals surface area contributed by atoms with E-state index in [0.29, 0.717) is 0 Å². The van der Waals surface area contributed by atoms with Gasteiger partial charge < -0.3 is 5.32 Å². The predicted octanol–water partition coefficient (Wildman–Crippen LogP) is 3.01. The van der Waals surface area contributed by atoms with Gasteiger partial charge in [0.2, 0.25) is 0 Å². The summed E-state index contributed by atoms with van der Waals surface area (Å²) in [5, 5.41) is 2.72. The van der Waals surface area contributed by atoms with Gasteiger partial charge in [0.1, 0.15) is 11.6 Å². The smallest absolute Gasteiger partial charge is 0.251 e. The van der Waals surface area contributed by atoms with E-state index in [9.17, 15) is 13.6 Å². The minimum absolute atomic E-state index is 0.0186. The number of carbonyl (C=O) groups is 1. The normalized spacial score (nSPS) is 15.7. The average molecular weight is 290 g/mol. The van der Waals surface area contributed by atoms with Crippen molar-refractivity contribution in [3.63, 3.8) is 0 Å². The van der Waals surface area contributed by atoms with Crippen LogP contribution >= 0.6 is 15.9 Å². The van der Waals surface area contributed by atoms with Crippen LogP contribution in [0.1, 0.15) is 29.6 Å². The summed E-state index contributed by atoms with van der Waals surface area (Å²) in [4.78, 5) is 11.6. The quantitative estimate of drug-likeness (QED) is 0.833. The Balaban J connectivity index is 2.16. The van der Waals surface area contributed by atoms with E-state index in [1.165, 1.54) is 0 Å². The van der Waals surface area contributed by atoms with Crippen molar-refractivity contribution in [2.75, 3.05) is 0 Å². The summed E-state index contributed by atoms with van der Waals surface area (Å²) in [5.74, 6) is -1.95. The molecule has 1 aliphatic carbocycles. The van der Waals surface area contributed by atoms with Crippen LogP contribution in [-0.2, 0) is 0 Å². The topological polar surface area (TPSA) is 29.1 Å². The molecule has 1 aromatic carbocycles. The van der Waals surface area contributed by atoms with Crippen LogP contribution in [0.3, 0.4) is 0 Å².